The smallest absolute Gasteiger partial charge is 0.338 e. The molecule has 0 fully saturated rings. The zero-order valence-corrected chi connectivity index (χ0v) is 16.4. The molecule has 0 aliphatic rings. The van der Waals surface area contributed by atoms with E-state index in [0.29, 0.717) is 22.3 Å². The van der Waals surface area contributed by atoms with Gasteiger partial charge in [-0.05, 0) is 25.1 Å². The lowest BCUT2D eigenvalue weighted by Gasteiger charge is -2.03. The van der Waals surface area contributed by atoms with Crippen molar-refractivity contribution in [3.63, 3.8) is 0 Å². The Morgan fingerprint density at radius 3 is 2.63 bits per heavy atom. The number of rotatable bonds is 6. The zero-order chi connectivity index (χ0) is 20.2. The molecule has 1 aromatic heterocycles. The summed E-state index contributed by atoms with van der Waals surface area (Å²) in [5, 5.41) is -1.08. The number of ether oxygens (including phenoxy) is 1. The lowest BCUT2D eigenvalue weighted by molar-refractivity contribution is -0.116. The van der Waals surface area contributed by atoms with Gasteiger partial charge in [0, 0.05) is 13.5 Å². The molecule has 1 heterocycles. The second-order valence-corrected chi connectivity index (χ2v) is 8.55. The minimum absolute atomic E-state index is 0.245. The van der Waals surface area contributed by atoms with Gasteiger partial charge in [0.25, 0.3) is 5.91 Å². The maximum Gasteiger partial charge on any atom is 0.338 e. The average molecular weight is 410 g/mol. The number of esters is 1. The van der Waals surface area contributed by atoms with Gasteiger partial charge in [0.1, 0.15) is 5.75 Å². The Kier molecular flexibility index (Phi) is 6.45. The highest BCUT2D eigenvalue weighted by atomic mass is 32.2. The number of hydrogen-bond donors (Lipinski definition) is 0. The molecule has 0 aliphatic carbocycles. The molecule has 0 atom stereocenters. The first kappa shape index (κ1) is 20.7. The number of benzene rings is 1. The van der Waals surface area contributed by atoms with Crippen LogP contribution in [0.2, 0.25) is 0 Å². The molecule has 1 aromatic carbocycles. The van der Waals surface area contributed by atoms with E-state index in [0.717, 1.165) is 18.3 Å². The third-order valence-electron chi connectivity index (χ3n) is 3.48. The first-order valence-corrected chi connectivity index (χ1v) is 10.4. The van der Waals surface area contributed by atoms with Crippen LogP contribution in [0, 0.1) is 0 Å². The van der Waals surface area contributed by atoms with Crippen LogP contribution >= 0.6 is 11.3 Å². The van der Waals surface area contributed by atoms with E-state index in [4.69, 9.17) is 4.74 Å². The van der Waals surface area contributed by atoms with Gasteiger partial charge in [-0.2, -0.15) is 4.99 Å². The Morgan fingerprint density at radius 1 is 1.33 bits per heavy atom. The molecular weight excluding hydrogens is 392 g/mol. The SMILES string of the molecule is C=CCn1c(=NC(=O)CS(=O)(=O)C(C)=O)sc2cc(C(=O)OCC)ccc21. The fourth-order valence-electron chi connectivity index (χ4n) is 2.21. The zero-order valence-electron chi connectivity index (χ0n) is 14.8. The molecule has 0 bridgehead atoms. The number of fused-ring (bicyclic) bond motifs is 1. The highest BCUT2D eigenvalue weighted by Gasteiger charge is 2.21. The normalized spacial score (nSPS) is 12.1. The van der Waals surface area contributed by atoms with Crippen molar-refractivity contribution in [1.82, 2.24) is 4.57 Å². The van der Waals surface area contributed by atoms with Crippen LogP contribution < -0.4 is 4.80 Å². The summed E-state index contributed by atoms with van der Waals surface area (Å²) in [5.41, 5.74) is 1.06. The van der Waals surface area contributed by atoms with Crippen LogP contribution in [0.3, 0.4) is 0 Å². The second-order valence-electron chi connectivity index (χ2n) is 5.44. The van der Waals surface area contributed by atoms with Crippen molar-refractivity contribution >= 4 is 48.4 Å². The highest BCUT2D eigenvalue weighted by Crippen LogP contribution is 2.20. The van der Waals surface area contributed by atoms with Crippen LogP contribution in [0.15, 0.2) is 35.8 Å². The third-order valence-corrected chi connectivity index (χ3v) is 6.02. The Bertz CT molecular complexity index is 1090. The van der Waals surface area contributed by atoms with Gasteiger partial charge in [-0.1, -0.05) is 17.4 Å². The molecule has 2 aromatic rings. The van der Waals surface area contributed by atoms with E-state index in [1.54, 1.807) is 35.8 Å². The summed E-state index contributed by atoms with van der Waals surface area (Å²) in [6.07, 6.45) is 1.60. The van der Waals surface area contributed by atoms with Crippen molar-refractivity contribution in [2.24, 2.45) is 4.99 Å². The first-order valence-electron chi connectivity index (χ1n) is 7.92. The van der Waals surface area contributed by atoms with Gasteiger partial charge in [0.15, 0.2) is 4.80 Å². The molecule has 0 aliphatic heterocycles. The molecule has 8 nitrogen and oxygen atoms in total. The minimum Gasteiger partial charge on any atom is -0.462 e. The topological polar surface area (TPSA) is 112 Å². The molecule has 0 N–H and O–H groups in total. The Labute approximate surface area is 159 Å². The van der Waals surface area contributed by atoms with Crippen molar-refractivity contribution in [3.05, 3.63) is 41.2 Å². The second kappa shape index (κ2) is 8.40. The monoisotopic (exact) mass is 410 g/mol. The highest BCUT2D eigenvalue weighted by molar-refractivity contribution is 8.06. The van der Waals surface area contributed by atoms with Gasteiger partial charge in [-0.3, -0.25) is 9.59 Å². The van der Waals surface area contributed by atoms with Crippen LogP contribution in [0.5, 0.6) is 0 Å². The van der Waals surface area contributed by atoms with Gasteiger partial charge < -0.3 is 9.30 Å². The van der Waals surface area contributed by atoms with Crippen molar-refractivity contribution in [2.75, 3.05) is 12.4 Å². The summed E-state index contributed by atoms with van der Waals surface area (Å²) in [6, 6.07) is 4.91. The van der Waals surface area contributed by atoms with Crippen LogP contribution in [-0.4, -0.2) is 42.3 Å². The van der Waals surface area contributed by atoms with Gasteiger partial charge >= 0.3 is 5.97 Å². The van der Waals surface area contributed by atoms with Gasteiger partial charge in [0.2, 0.25) is 15.0 Å². The van der Waals surface area contributed by atoms with Crippen LogP contribution in [0.1, 0.15) is 24.2 Å². The summed E-state index contributed by atoms with van der Waals surface area (Å²) in [7, 11) is -4.17. The van der Waals surface area contributed by atoms with E-state index in [-0.39, 0.29) is 11.4 Å². The lowest BCUT2D eigenvalue weighted by atomic mass is 10.2. The molecule has 27 heavy (non-hydrogen) atoms. The number of allylic oxidation sites excluding steroid dienone is 1. The largest absolute Gasteiger partial charge is 0.462 e. The average Bonchev–Trinajstić information content (AvgIpc) is 2.91. The predicted molar refractivity (Wildman–Crippen MR) is 101 cm³/mol. The van der Waals surface area contributed by atoms with E-state index in [2.05, 4.69) is 11.6 Å². The number of sulfone groups is 1. The number of thiazole rings is 1. The maximum absolute atomic E-state index is 12.0. The fraction of sp³-hybridized carbons (Fsp3) is 0.294. The van der Waals surface area contributed by atoms with Crippen molar-refractivity contribution in [1.29, 1.82) is 0 Å². The number of carbonyl (C=O) groups is 3. The number of nitrogens with zero attached hydrogens (tertiary/aromatic N) is 2. The van der Waals surface area contributed by atoms with E-state index in [1.165, 1.54) is 0 Å². The van der Waals surface area contributed by atoms with Crippen LogP contribution in [0.4, 0.5) is 0 Å². The number of hydrogen-bond acceptors (Lipinski definition) is 7. The molecule has 0 radical (unpaired) electrons. The number of aromatic nitrogens is 1. The molecule has 0 unspecified atom stereocenters. The van der Waals surface area contributed by atoms with Crippen LogP contribution in [-0.2, 0) is 30.7 Å². The van der Waals surface area contributed by atoms with E-state index in [1.807, 2.05) is 0 Å². The lowest BCUT2D eigenvalue weighted by Crippen LogP contribution is -2.23. The van der Waals surface area contributed by atoms with Crippen LogP contribution in [0.25, 0.3) is 10.2 Å². The molecular formula is C17H18N2O6S2. The first-order chi connectivity index (χ1) is 12.7. The summed E-state index contributed by atoms with van der Waals surface area (Å²) in [6.45, 7) is 6.82. The molecule has 10 heteroatoms. The summed E-state index contributed by atoms with van der Waals surface area (Å²) in [5.74, 6) is -2.40. The Balaban J connectivity index is 2.53. The summed E-state index contributed by atoms with van der Waals surface area (Å²) >= 11 is 1.12. The Morgan fingerprint density at radius 2 is 2.04 bits per heavy atom. The molecule has 0 spiro atoms. The molecule has 0 saturated carbocycles. The molecule has 2 rings (SSSR count). The van der Waals surface area contributed by atoms with Gasteiger partial charge in [-0.25, -0.2) is 13.2 Å². The fourth-order valence-corrected chi connectivity index (χ4v) is 3.90. The predicted octanol–water partition coefficient (Wildman–Crippen LogP) is 1.45. The van der Waals surface area contributed by atoms with E-state index >= 15 is 0 Å². The summed E-state index contributed by atoms with van der Waals surface area (Å²) < 4.78 is 30.5. The Hall–Kier alpha value is -2.59. The van der Waals surface area contributed by atoms with Crippen molar-refractivity contribution in [2.45, 2.75) is 20.4 Å². The van der Waals surface area contributed by atoms with Gasteiger partial charge in [0.05, 0.1) is 22.4 Å². The third kappa shape index (κ3) is 4.77. The molecule has 1 amide bonds. The summed E-state index contributed by atoms with van der Waals surface area (Å²) in [4.78, 5) is 39.1. The quantitative estimate of drug-likeness (QED) is 0.526. The van der Waals surface area contributed by atoms with Gasteiger partial charge in [-0.15, -0.1) is 6.58 Å². The van der Waals surface area contributed by atoms with E-state index in [9.17, 15) is 22.8 Å². The maximum atomic E-state index is 12.0. The molecule has 0 saturated heterocycles. The van der Waals surface area contributed by atoms with Crippen molar-refractivity contribution < 1.29 is 27.5 Å². The number of amides is 1. The van der Waals surface area contributed by atoms with E-state index < -0.39 is 32.6 Å². The standard InChI is InChI=1S/C17H18N2O6S2/c1-4-8-19-13-7-6-12(16(22)25-5-2)9-14(13)26-17(19)18-15(21)10-27(23,24)11(3)20/h4,6-7,9H,1,5,8,10H2,2-3H3. The minimum atomic E-state index is -4.17. The van der Waals surface area contributed by atoms with Crippen molar-refractivity contribution in [3.8, 4) is 0 Å². The number of carbonyl (C=O) groups excluding carboxylic acids is 3. The molecule has 144 valence electrons.